The number of carbonyl (C=O) groups is 1. The normalized spacial score (nSPS) is 31.9. The summed E-state index contributed by atoms with van der Waals surface area (Å²) in [6.45, 7) is 1.94. The summed E-state index contributed by atoms with van der Waals surface area (Å²) in [6, 6.07) is 3.56. The third-order valence-corrected chi connectivity index (χ3v) is 4.10. The zero-order chi connectivity index (χ0) is 10.3. The Labute approximate surface area is 91.2 Å². The molecule has 2 heterocycles. The Bertz CT molecular complexity index is 379. The van der Waals surface area contributed by atoms with Crippen LogP contribution in [-0.2, 0) is 10.3 Å². The lowest BCUT2D eigenvalue weighted by atomic mass is 9.93. The number of amides is 1. The van der Waals surface area contributed by atoms with Gasteiger partial charge in [0.1, 0.15) is 0 Å². The summed E-state index contributed by atoms with van der Waals surface area (Å²) < 4.78 is 0.717. The van der Waals surface area contributed by atoms with E-state index < -0.39 is 5.54 Å². The molecule has 76 valence electrons. The van der Waals surface area contributed by atoms with Crippen molar-refractivity contribution in [3.63, 3.8) is 0 Å². The predicted molar refractivity (Wildman–Crippen MR) is 57.4 cm³/mol. The first-order valence-corrected chi connectivity index (χ1v) is 5.54. The molecule has 2 atom stereocenters. The molecule has 0 saturated carbocycles. The Balaban J connectivity index is 2.37. The zero-order valence-electron chi connectivity index (χ0n) is 7.71. The standard InChI is InChI=1S/C9H11ClN2OS/c1-9(5(11)4-8(13)12-9)6-2-3-7(10)14-6/h2-3,5H,4,11H2,1H3,(H,12,13). The molecular weight excluding hydrogens is 220 g/mol. The molecule has 1 aliphatic rings. The second-order valence-corrected chi connectivity index (χ2v) is 5.38. The van der Waals surface area contributed by atoms with Crippen LogP contribution in [0.15, 0.2) is 12.1 Å². The number of hydrogen-bond donors (Lipinski definition) is 2. The average molecular weight is 231 g/mol. The summed E-state index contributed by atoms with van der Waals surface area (Å²) >= 11 is 7.31. The average Bonchev–Trinajstić information content (AvgIpc) is 2.59. The van der Waals surface area contributed by atoms with Gasteiger partial charge >= 0.3 is 0 Å². The SMILES string of the molecule is CC1(c2ccc(Cl)s2)NC(=O)CC1N. The first-order valence-electron chi connectivity index (χ1n) is 4.35. The van der Waals surface area contributed by atoms with Crippen molar-refractivity contribution in [3.8, 4) is 0 Å². The van der Waals surface area contributed by atoms with E-state index in [-0.39, 0.29) is 11.9 Å². The summed E-state index contributed by atoms with van der Waals surface area (Å²) in [5, 5.41) is 2.90. The Morgan fingerprint density at radius 3 is 2.86 bits per heavy atom. The summed E-state index contributed by atoms with van der Waals surface area (Å²) in [6.07, 6.45) is 0.381. The minimum Gasteiger partial charge on any atom is -0.344 e. The van der Waals surface area contributed by atoms with Gasteiger partial charge in [0.05, 0.1) is 9.88 Å². The van der Waals surface area contributed by atoms with Crippen molar-refractivity contribution in [2.45, 2.75) is 24.9 Å². The Morgan fingerprint density at radius 1 is 1.71 bits per heavy atom. The molecule has 1 fully saturated rings. The van der Waals surface area contributed by atoms with E-state index in [2.05, 4.69) is 5.32 Å². The fraction of sp³-hybridized carbons (Fsp3) is 0.444. The van der Waals surface area contributed by atoms with Gasteiger partial charge in [-0.15, -0.1) is 11.3 Å². The number of halogens is 1. The predicted octanol–water partition coefficient (Wildman–Crippen LogP) is 1.46. The third kappa shape index (κ3) is 1.43. The molecular formula is C9H11ClN2OS. The smallest absolute Gasteiger partial charge is 0.222 e. The molecule has 5 heteroatoms. The van der Waals surface area contributed by atoms with Crippen molar-refractivity contribution in [1.29, 1.82) is 0 Å². The molecule has 0 aliphatic carbocycles. The van der Waals surface area contributed by atoms with Gasteiger partial charge in [-0.05, 0) is 19.1 Å². The molecule has 0 spiro atoms. The van der Waals surface area contributed by atoms with Crippen molar-refractivity contribution in [2.24, 2.45) is 5.73 Å². The molecule has 3 N–H and O–H groups in total. The number of nitrogens with two attached hydrogens (primary N) is 1. The van der Waals surface area contributed by atoms with E-state index in [0.29, 0.717) is 6.42 Å². The van der Waals surface area contributed by atoms with E-state index in [9.17, 15) is 4.79 Å². The molecule has 0 aromatic carbocycles. The Morgan fingerprint density at radius 2 is 2.43 bits per heavy atom. The van der Waals surface area contributed by atoms with Crippen LogP contribution in [0.4, 0.5) is 0 Å². The topological polar surface area (TPSA) is 55.1 Å². The molecule has 0 bridgehead atoms. The fourth-order valence-electron chi connectivity index (χ4n) is 1.67. The second-order valence-electron chi connectivity index (χ2n) is 3.66. The minimum absolute atomic E-state index is 0.00419. The van der Waals surface area contributed by atoms with Crippen molar-refractivity contribution < 1.29 is 4.79 Å². The molecule has 2 rings (SSSR count). The van der Waals surface area contributed by atoms with E-state index in [4.69, 9.17) is 17.3 Å². The van der Waals surface area contributed by atoms with Gasteiger partial charge in [0.15, 0.2) is 0 Å². The molecule has 1 aromatic rings. The van der Waals surface area contributed by atoms with Crippen LogP contribution in [0.25, 0.3) is 0 Å². The molecule has 0 radical (unpaired) electrons. The summed E-state index contributed by atoms with van der Waals surface area (Å²) in [5.41, 5.74) is 5.48. The van der Waals surface area contributed by atoms with Crippen LogP contribution < -0.4 is 11.1 Å². The quantitative estimate of drug-likeness (QED) is 0.768. The highest BCUT2D eigenvalue weighted by atomic mass is 35.5. The highest BCUT2D eigenvalue weighted by Gasteiger charge is 2.42. The van der Waals surface area contributed by atoms with E-state index >= 15 is 0 Å². The lowest BCUT2D eigenvalue weighted by Gasteiger charge is -2.27. The van der Waals surface area contributed by atoms with E-state index in [1.54, 1.807) is 0 Å². The van der Waals surface area contributed by atoms with Crippen LogP contribution >= 0.6 is 22.9 Å². The molecule has 1 aromatic heterocycles. The van der Waals surface area contributed by atoms with Gasteiger partial charge < -0.3 is 11.1 Å². The highest BCUT2D eigenvalue weighted by molar-refractivity contribution is 7.16. The van der Waals surface area contributed by atoms with Crippen LogP contribution in [0.5, 0.6) is 0 Å². The largest absolute Gasteiger partial charge is 0.344 e. The van der Waals surface area contributed by atoms with Gasteiger partial charge in [0.2, 0.25) is 5.91 Å². The molecule has 1 aliphatic heterocycles. The zero-order valence-corrected chi connectivity index (χ0v) is 9.28. The van der Waals surface area contributed by atoms with E-state index in [0.717, 1.165) is 9.21 Å². The van der Waals surface area contributed by atoms with E-state index in [1.807, 2.05) is 19.1 Å². The highest BCUT2D eigenvalue weighted by Crippen LogP contribution is 2.36. The van der Waals surface area contributed by atoms with Crippen LogP contribution in [0, 0.1) is 0 Å². The van der Waals surface area contributed by atoms with Crippen molar-refractivity contribution in [2.75, 3.05) is 0 Å². The van der Waals surface area contributed by atoms with Crippen LogP contribution in [0.1, 0.15) is 18.2 Å². The number of thiophene rings is 1. The number of rotatable bonds is 1. The fourth-order valence-corrected chi connectivity index (χ4v) is 2.88. The lowest BCUT2D eigenvalue weighted by Crippen LogP contribution is -2.45. The molecule has 1 amide bonds. The van der Waals surface area contributed by atoms with Gasteiger partial charge in [0, 0.05) is 17.3 Å². The van der Waals surface area contributed by atoms with Gasteiger partial charge in [0.25, 0.3) is 0 Å². The summed E-state index contributed by atoms with van der Waals surface area (Å²) in [5.74, 6) is 0.00419. The van der Waals surface area contributed by atoms with Crippen molar-refractivity contribution in [3.05, 3.63) is 21.3 Å². The molecule has 3 nitrogen and oxygen atoms in total. The van der Waals surface area contributed by atoms with Crippen LogP contribution in [0.2, 0.25) is 4.34 Å². The second kappa shape index (κ2) is 3.22. The van der Waals surface area contributed by atoms with Gasteiger partial charge in [-0.25, -0.2) is 0 Å². The van der Waals surface area contributed by atoms with Crippen molar-refractivity contribution >= 4 is 28.8 Å². The Hall–Kier alpha value is -0.580. The summed E-state index contributed by atoms with van der Waals surface area (Å²) in [7, 11) is 0. The maximum Gasteiger partial charge on any atom is 0.222 e. The molecule has 2 unspecified atom stereocenters. The maximum absolute atomic E-state index is 11.2. The first kappa shape index (κ1) is 9.96. The molecule has 1 saturated heterocycles. The third-order valence-electron chi connectivity index (χ3n) is 2.63. The number of carbonyl (C=O) groups excluding carboxylic acids is 1. The van der Waals surface area contributed by atoms with E-state index in [1.165, 1.54) is 11.3 Å². The Kier molecular flexibility index (Phi) is 2.29. The van der Waals surface area contributed by atoms with Gasteiger partial charge in [-0.1, -0.05) is 11.6 Å². The first-order chi connectivity index (χ1) is 6.52. The monoisotopic (exact) mass is 230 g/mol. The lowest BCUT2D eigenvalue weighted by molar-refractivity contribution is -0.119. The van der Waals surface area contributed by atoms with Gasteiger partial charge in [-0.2, -0.15) is 0 Å². The van der Waals surface area contributed by atoms with Crippen LogP contribution in [-0.4, -0.2) is 11.9 Å². The number of nitrogens with one attached hydrogen (secondary N) is 1. The van der Waals surface area contributed by atoms with Crippen molar-refractivity contribution in [1.82, 2.24) is 5.32 Å². The summed E-state index contributed by atoms with van der Waals surface area (Å²) in [4.78, 5) is 12.2. The van der Waals surface area contributed by atoms with Crippen LogP contribution in [0.3, 0.4) is 0 Å². The minimum atomic E-state index is -0.450. The maximum atomic E-state index is 11.2. The number of hydrogen-bond acceptors (Lipinski definition) is 3. The van der Waals surface area contributed by atoms with Gasteiger partial charge in [-0.3, -0.25) is 4.79 Å². The molecule has 14 heavy (non-hydrogen) atoms.